The first-order valence-corrected chi connectivity index (χ1v) is 7.65. The number of aliphatic imine (C=N–C) groups is 1. The van der Waals surface area contributed by atoms with Crippen molar-refractivity contribution < 1.29 is 0 Å². The Bertz CT molecular complexity index is 411. The van der Waals surface area contributed by atoms with E-state index in [-0.39, 0.29) is 0 Å². The molecule has 2 unspecified atom stereocenters. The highest BCUT2D eigenvalue weighted by Gasteiger charge is 2.18. The van der Waals surface area contributed by atoms with Gasteiger partial charge in [0.25, 0.3) is 0 Å². The highest BCUT2D eigenvalue weighted by atomic mass is 32.2. The molecular formula is C15H22N2S. The number of thioether (sulfide) groups is 1. The second kappa shape index (κ2) is 6.28. The van der Waals surface area contributed by atoms with Crippen LogP contribution in [0.4, 0.5) is 5.69 Å². The topological polar surface area (TPSA) is 24.4 Å². The van der Waals surface area contributed by atoms with E-state index in [1.807, 2.05) is 11.8 Å². The first kappa shape index (κ1) is 13.5. The van der Waals surface area contributed by atoms with Gasteiger partial charge in [-0.05, 0) is 37.5 Å². The molecular weight excluding hydrogens is 240 g/mol. The Labute approximate surface area is 114 Å². The summed E-state index contributed by atoms with van der Waals surface area (Å²) in [5, 5.41) is 5.14. The number of amidine groups is 1. The normalized spacial score (nSPS) is 23.6. The lowest BCUT2D eigenvalue weighted by atomic mass is 10.1. The van der Waals surface area contributed by atoms with Gasteiger partial charge in [-0.1, -0.05) is 44.2 Å². The van der Waals surface area contributed by atoms with E-state index in [2.05, 4.69) is 55.3 Å². The smallest absolute Gasteiger partial charge is 0.161 e. The molecule has 0 spiro atoms. The van der Waals surface area contributed by atoms with Gasteiger partial charge >= 0.3 is 0 Å². The van der Waals surface area contributed by atoms with Crippen LogP contribution in [0.5, 0.6) is 0 Å². The fourth-order valence-electron chi connectivity index (χ4n) is 2.23. The molecule has 1 aliphatic heterocycles. The van der Waals surface area contributed by atoms with Crippen molar-refractivity contribution in [2.24, 2.45) is 4.99 Å². The predicted molar refractivity (Wildman–Crippen MR) is 82.6 cm³/mol. The monoisotopic (exact) mass is 262 g/mol. The third-order valence-corrected chi connectivity index (χ3v) is 4.09. The molecule has 0 fully saturated rings. The van der Waals surface area contributed by atoms with Crippen LogP contribution >= 0.6 is 11.8 Å². The zero-order chi connectivity index (χ0) is 13.0. The highest BCUT2D eigenvalue weighted by Crippen LogP contribution is 2.26. The minimum atomic E-state index is 0.433. The molecule has 1 aromatic carbocycles. The molecule has 1 aliphatic rings. The molecule has 0 radical (unpaired) electrons. The van der Waals surface area contributed by atoms with Gasteiger partial charge in [-0.3, -0.25) is 4.99 Å². The molecule has 0 saturated heterocycles. The summed E-state index contributed by atoms with van der Waals surface area (Å²) >= 11 is 1.84. The maximum atomic E-state index is 4.66. The van der Waals surface area contributed by atoms with Crippen molar-refractivity contribution in [3.63, 3.8) is 0 Å². The lowest BCUT2D eigenvalue weighted by Gasteiger charge is -2.23. The Kier molecular flexibility index (Phi) is 4.70. The van der Waals surface area contributed by atoms with Gasteiger partial charge in [0.1, 0.15) is 0 Å². The minimum Gasteiger partial charge on any atom is -0.335 e. The van der Waals surface area contributed by atoms with Crippen molar-refractivity contribution in [2.45, 2.75) is 51.3 Å². The number of nitrogens with zero attached hydrogens (tertiary/aromatic N) is 1. The van der Waals surface area contributed by atoms with Gasteiger partial charge in [0, 0.05) is 10.9 Å². The van der Waals surface area contributed by atoms with Crippen LogP contribution in [0.25, 0.3) is 0 Å². The van der Waals surface area contributed by atoms with Gasteiger partial charge in [-0.25, -0.2) is 0 Å². The highest BCUT2D eigenvalue weighted by molar-refractivity contribution is 8.14. The van der Waals surface area contributed by atoms with Gasteiger partial charge in [0.05, 0.1) is 6.04 Å². The van der Waals surface area contributed by atoms with Crippen LogP contribution in [0.15, 0.2) is 29.3 Å². The summed E-state index contributed by atoms with van der Waals surface area (Å²) in [4.78, 5) is 4.66. The molecule has 0 aromatic heterocycles. The van der Waals surface area contributed by atoms with Crippen molar-refractivity contribution >= 4 is 22.6 Å². The Balaban J connectivity index is 2.00. The van der Waals surface area contributed by atoms with E-state index in [0.29, 0.717) is 11.3 Å². The van der Waals surface area contributed by atoms with Crippen LogP contribution in [-0.2, 0) is 6.42 Å². The molecule has 1 aromatic rings. The SMILES string of the molecule is CCCc1ccc(NC2=NC(C)CC(C)S2)cc1. The molecule has 3 heteroatoms. The first-order valence-electron chi connectivity index (χ1n) is 6.77. The van der Waals surface area contributed by atoms with Crippen LogP contribution in [0.1, 0.15) is 39.2 Å². The Hall–Kier alpha value is -0.960. The van der Waals surface area contributed by atoms with Gasteiger partial charge in [-0.15, -0.1) is 0 Å². The molecule has 98 valence electrons. The molecule has 2 nitrogen and oxygen atoms in total. The number of rotatable bonds is 3. The van der Waals surface area contributed by atoms with Crippen LogP contribution in [0.3, 0.4) is 0 Å². The van der Waals surface area contributed by atoms with Gasteiger partial charge < -0.3 is 5.32 Å². The van der Waals surface area contributed by atoms with E-state index in [0.717, 1.165) is 17.3 Å². The molecule has 0 bridgehead atoms. The molecule has 2 rings (SSSR count). The average Bonchev–Trinajstić information content (AvgIpc) is 2.31. The molecule has 18 heavy (non-hydrogen) atoms. The lowest BCUT2D eigenvalue weighted by molar-refractivity contribution is 0.661. The van der Waals surface area contributed by atoms with Crippen molar-refractivity contribution in [1.82, 2.24) is 0 Å². The third-order valence-electron chi connectivity index (χ3n) is 3.07. The van der Waals surface area contributed by atoms with E-state index in [1.54, 1.807) is 0 Å². The lowest BCUT2D eigenvalue weighted by Crippen LogP contribution is -2.22. The minimum absolute atomic E-state index is 0.433. The van der Waals surface area contributed by atoms with E-state index < -0.39 is 0 Å². The van der Waals surface area contributed by atoms with E-state index in [9.17, 15) is 0 Å². The largest absolute Gasteiger partial charge is 0.335 e. The second-order valence-electron chi connectivity index (χ2n) is 5.02. The number of hydrogen-bond donors (Lipinski definition) is 1. The number of nitrogens with one attached hydrogen (secondary N) is 1. The fourth-order valence-corrected chi connectivity index (χ4v) is 3.40. The van der Waals surface area contributed by atoms with Crippen LogP contribution in [-0.4, -0.2) is 16.5 Å². The van der Waals surface area contributed by atoms with Gasteiger partial charge in [0.15, 0.2) is 5.17 Å². The average molecular weight is 262 g/mol. The van der Waals surface area contributed by atoms with E-state index in [4.69, 9.17) is 0 Å². The summed E-state index contributed by atoms with van der Waals surface area (Å²) in [6.45, 7) is 6.66. The number of aryl methyl sites for hydroxylation is 1. The van der Waals surface area contributed by atoms with Crippen molar-refractivity contribution in [3.8, 4) is 0 Å². The molecule has 2 atom stereocenters. The summed E-state index contributed by atoms with van der Waals surface area (Å²) in [6.07, 6.45) is 3.53. The fraction of sp³-hybridized carbons (Fsp3) is 0.533. The van der Waals surface area contributed by atoms with E-state index >= 15 is 0 Å². The summed E-state index contributed by atoms with van der Waals surface area (Å²) in [5.41, 5.74) is 2.55. The van der Waals surface area contributed by atoms with Crippen LogP contribution in [0, 0.1) is 0 Å². The Morgan fingerprint density at radius 1 is 1.28 bits per heavy atom. The second-order valence-corrected chi connectivity index (χ2v) is 6.45. The standard InChI is InChI=1S/C15H22N2S/c1-4-5-13-6-8-14(9-7-13)17-15-16-11(2)10-12(3)18-15/h6-9,11-12H,4-5,10H2,1-3H3,(H,16,17). The summed E-state index contributed by atoms with van der Waals surface area (Å²) in [5.74, 6) is 0. The van der Waals surface area contributed by atoms with Crippen molar-refractivity contribution in [3.05, 3.63) is 29.8 Å². The number of hydrogen-bond acceptors (Lipinski definition) is 3. The zero-order valence-corrected chi connectivity index (χ0v) is 12.3. The molecule has 1 N–H and O–H groups in total. The zero-order valence-electron chi connectivity index (χ0n) is 11.4. The first-order chi connectivity index (χ1) is 8.67. The summed E-state index contributed by atoms with van der Waals surface area (Å²) in [7, 11) is 0. The number of anilines is 1. The Morgan fingerprint density at radius 3 is 2.61 bits per heavy atom. The predicted octanol–water partition coefficient (Wildman–Crippen LogP) is 4.32. The quantitative estimate of drug-likeness (QED) is 0.877. The van der Waals surface area contributed by atoms with Crippen LogP contribution in [0.2, 0.25) is 0 Å². The summed E-state index contributed by atoms with van der Waals surface area (Å²) in [6, 6.07) is 9.14. The number of benzene rings is 1. The van der Waals surface area contributed by atoms with Crippen LogP contribution < -0.4 is 5.32 Å². The van der Waals surface area contributed by atoms with Gasteiger partial charge in [-0.2, -0.15) is 0 Å². The van der Waals surface area contributed by atoms with E-state index in [1.165, 1.54) is 18.4 Å². The third kappa shape index (κ3) is 3.77. The summed E-state index contributed by atoms with van der Waals surface area (Å²) < 4.78 is 0. The van der Waals surface area contributed by atoms with Crippen molar-refractivity contribution in [1.29, 1.82) is 0 Å². The maximum absolute atomic E-state index is 4.66. The maximum Gasteiger partial charge on any atom is 0.161 e. The molecule has 0 saturated carbocycles. The Morgan fingerprint density at radius 2 is 2.00 bits per heavy atom. The van der Waals surface area contributed by atoms with Crippen molar-refractivity contribution in [2.75, 3.05) is 5.32 Å². The molecule has 0 amide bonds. The molecule has 0 aliphatic carbocycles. The molecule has 1 heterocycles. The van der Waals surface area contributed by atoms with Gasteiger partial charge in [0.2, 0.25) is 0 Å².